The van der Waals surface area contributed by atoms with E-state index in [0.717, 1.165) is 32.1 Å². The Morgan fingerprint density at radius 1 is 1.10 bits per heavy atom. The van der Waals surface area contributed by atoms with Crippen molar-refractivity contribution in [3.05, 3.63) is 0 Å². The Hall–Kier alpha value is -1.22. The van der Waals surface area contributed by atoms with Crippen molar-refractivity contribution in [3.8, 4) is 0 Å². The van der Waals surface area contributed by atoms with Crippen LogP contribution in [0.1, 0.15) is 58.8 Å². The fourth-order valence-electron chi connectivity index (χ4n) is 8.21. The molecule has 0 aromatic heterocycles. The summed E-state index contributed by atoms with van der Waals surface area (Å²) in [6.45, 7) is 4.80. The van der Waals surface area contributed by atoms with E-state index in [9.17, 15) is 9.59 Å². The van der Waals surface area contributed by atoms with Crippen LogP contribution in [-0.2, 0) is 38.0 Å². The maximum absolute atomic E-state index is 13.0. The molecule has 8 nitrogen and oxygen atoms in total. The van der Waals surface area contributed by atoms with Crippen LogP contribution in [-0.4, -0.2) is 68.1 Å². The molecule has 4 saturated heterocycles. The van der Waals surface area contributed by atoms with Gasteiger partial charge in [0.2, 0.25) is 0 Å². The molecule has 31 heavy (non-hydrogen) atoms. The number of hydrogen-bond acceptors (Lipinski definition) is 8. The molecule has 8 atom stereocenters. The number of ether oxygens (including phenoxy) is 6. The normalized spacial score (nSPS) is 54.8. The van der Waals surface area contributed by atoms with Gasteiger partial charge in [0.15, 0.2) is 6.29 Å². The van der Waals surface area contributed by atoms with E-state index >= 15 is 0 Å². The van der Waals surface area contributed by atoms with E-state index in [1.54, 1.807) is 7.11 Å². The predicted molar refractivity (Wildman–Crippen MR) is 105 cm³/mol. The van der Waals surface area contributed by atoms with Crippen molar-refractivity contribution in [1.82, 2.24) is 0 Å². The standard InChI is InChI=1S/C23H32O8/c1-14(24)30-15-9-22(13-29-22)23(8-7-20(31-23)10-16(26-3)27-11-20)21-6-4-5-19(2,17(15)21)18(25)28-12-21/h15-17H,4-13H2,1-3H3/t15-,16+,17+,19+,20+,21-,22-,23+/m1/s1. The summed E-state index contributed by atoms with van der Waals surface area (Å²) in [6, 6.07) is 0. The number of esters is 2. The lowest BCUT2D eigenvalue weighted by molar-refractivity contribution is -0.311. The zero-order valence-corrected chi connectivity index (χ0v) is 18.6. The number of epoxide rings is 1. The zero-order chi connectivity index (χ0) is 21.7. The van der Waals surface area contributed by atoms with Gasteiger partial charge < -0.3 is 28.4 Å². The molecule has 0 N–H and O–H groups in total. The van der Waals surface area contributed by atoms with Crippen molar-refractivity contribution in [2.45, 2.75) is 88.0 Å². The highest BCUT2D eigenvalue weighted by Gasteiger charge is 2.84. The Morgan fingerprint density at radius 3 is 2.58 bits per heavy atom. The summed E-state index contributed by atoms with van der Waals surface area (Å²) in [7, 11) is 1.66. The second-order valence-electron chi connectivity index (χ2n) is 10.9. The monoisotopic (exact) mass is 436 g/mol. The van der Waals surface area contributed by atoms with Crippen LogP contribution in [0.5, 0.6) is 0 Å². The summed E-state index contributed by atoms with van der Waals surface area (Å²) >= 11 is 0. The third-order valence-corrected chi connectivity index (χ3v) is 9.44. The molecule has 172 valence electrons. The summed E-state index contributed by atoms with van der Waals surface area (Å²) in [6.07, 6.45) is 4.81. The quantitative estimate of drug-likeness (QED) is 0.480. The highest BCUT2D eigenvalue weighted by atomic mass is 16.7. The van der Waals surface area contributed by atoms with Gasteiger partial charge in [-0.25, -0.2) is 0 Å². The van der Waals surface area contributed by atoms with Crippen LogP contribution in [0.3, 0.4) is 0 Å². The molecule has 0 aromatic rings. The molecule has 8 heteroatoms. The summed E-state index contributed by atoms with van der Waals surface area (Å²) in [5.41, 5.74) is -2.66. The van der Waals surface area contributed by atoms with Gasteiger partial charge in [0.05, 0.1) is 24.2 Å². The molecule has 6 aliphatic rings. The molecule has 6 rings (SSSR count). The minimum atomic E-state index is -0.694. The average molecular weight is 437 g/mol. The molecule has 4 aliphatic heterocycles. The smallest absolute Gasteiger partial charge is 0.312 e. The van der Waals surface area contributed by atoms with E-state index in [2.05, 4.69) is 0 Å². The number of carbonyl (C=O) groups excluding carboxylic acids is 2. The molecule has 0 unspecified atom stereocenters. The Balaban J connectivity index is 1.47. The molecular formula is C23H32O8. The summed E-state index contributed by atoms with van der Waals surface area (Å²) < 4.78 is 36.5. The SMILES string of the molecule is CO[C@@H]1C[C@@]2(CC[C@@]3(O2)[C@]2(CO2)C[C@@H](OC(C)=O)[C@@H]2[C@]34CCC[C@]2(C)C(=O)OC4)CO1. The Morgan fingerprint density at radius 2 is 1.90 bits per heavy atom. The van der Waals surface area contributed by atoms with E-state index in [1.165, 1.54) is 6.92 Å². The van der Waals surface area contributed by atoms with E-state index in [-0.39, 0.29) is 30.3 Å². The summed E-state index contributed by atoms with van der Waals surface area (Å²) in [5, 5.41) is 0. The van der Waals surface area contributed by atoms with Crippen LogP contribution in [0, 0.1) is 16.7 Å². The minimum Gasteiger partial charge on any atom is -0.465 e. The van der Waals surface area contributed by atoms with Gasteiger partial charge in [0.1, 0.15) is 23.9 Å². The Labute approximate surface area is 182 Å². The number of cyclic esters (lactones) is 1. The highest BCUT2D eigenvalue weighted by Crippen LogP contribution is 2.74. The first-order chi connectivity index (χ1) is 14.7. The molecule has 2 saturated carbocycles. The second-order valence-corrected chi connectivity index (χ2v) is 10.9. The van der Waals surface area contributed by atoms with E-state index < -0.39 is 27.6 Å². The fourth-order valence-corrected chi connectivity index (χ4v) is 8.21. The predicted octanol–water partition coefficient (Wildman–Crippen LogP) is 2.12. The first kappa shape index (κ1) is 20.4. The van der Waals surface area contributed by atoms with Crippen molar-refractivity contribution in [3.63, 3.8) is 0 Å². The molecule has 0 aromatic carbocycles. The molecule has 2 bridgehead atoms. The molecule has 4 heterocycles. The lowest BCUT2D eigenvalue weighted by atomic mass is 9.41. The van der Waals surface area contributed by atoms with Gasteiger partial charge >= 0.3 is 11.9 Å². The van der Waals surface area contributed by atoms with Crippen molar-refractivity contribution in [2.75, 3.05) is 26.9 Å². The van der Waals surface area contributed by atoms with Gasteiger partial charge in [-0.05, 0) is 32.6 Å². The lowest BCUT2D eigenvalue weighted by Crippen LogP contribution is -2.76. The minimum absolute atomic E-state index is 0.149. The summed E-state index contributed by atoms with van der Waals surface area (Å²) in [4.78, 5) is 25.1. The third kappa shape index (κ3) is 2.40. The highest BCUT2D eigenvalue weighted by molar-refractivity contribution is 5.79. The molecule has 0 amide bonds. The first-order valence-corrected chi connectivity index (χ1v) is 11.6. The fraction of sp³-hybridized carbons (Fsp3) is 0.913. The van der Waals surface area contributed by atoms with Crippen molar-refractivity contribution in [2.24, 2.45) is 16.7 Å². The number of hydrogen-bond donors (Lipinski definition) is 0. The topological polar surface area (TPSA) is 92.8 Å². The third-order valence-electron chi connectivity index (χ3n) is 9.44. The van der Waals surface area contributed by atoms with Gasteiger partial charge in [0.25, 0.3) is 0 Å². The van der Waals surface area contributed by atoms with Gasteiger partial charge in [-0.15, -0.1) is 0 Å². The number of methoxy groups -OCH3 is 1. The molecule has 6 fully saturated rings. The number of fused-ring (bicyclic) bond motifs is 1. The van der Waals surface area contributed by atoms with Crippen molar-refractivity contribution >= 4 is 11.9 Å². The number of carbonyl (C=O) groups is 2. The van der Waals surface area contributed by atoms with Crippen LogP contribution in [0.25, 0.3) is 0 Å². The first-order valence-electron chi connectivity index (χ1n) is 11.6. The average Bonchev–Trinajstić information content (AvgIpc) is 3.23. The van der Waals surface area contributed by atoms with Gasteiger partial charge in [-0.2, -0.15) is 0 Å². The van der Waals surface area contributed by atoms with E-state index in [4.69, 9.17) is 28.4 Å². The molecule has 0 radical (unpaired) electrons. The molecule has 3 spiro atoms. The van der Waals surface area contributed by atoms with Gasteiger partial charge in [-0.1, -0.05) is 6.42 Å². The van der Waals surface area contributed by atoms with Gasteiger partial charge in [-0.3, -0.25) is 9.59 Å². The molecular weight excluding hydrogens is 404 g/mol. The van der Waals surface area contributed by atoms with E-state index in [0.29, 0.717) is 32.7 Å². The van der Waals surface area contributed by atoms with Crippen molar-refractivity contribution < 1.29 is 38.0 Å². The lowest BCUT2D eigenvalue weighted by Gasteiger charge is -2.67. The van der Waals surface area contributed by atoms with Crippen LogP contribution < -0.4 is 0 Å². The summed E-state index contributed by atoms with van der Waals surface area (Å²) in [5.74, 6) is -0.642. The largest absolute Gasteiger partial charge is 0.465 e. The van der Waals surface area contributed by atoms with Gasteiger partial charge in [0, 0.05) is 38.2 Å². The van der Waals surface area contributed by atoms with Crippen LogP contribution in [0.4, 0.5) is 0 Å². The maximum atomic E-state index is 13.0. The van der Waals surface area contributed by atoms with Crippen molar-refractivity contribution in [1.29, 1.82) is 0 Å². The second kappa shape index (κ2) is 6.22. The maximum Gasteiger partial charge on any atom is 0.312 e. The van der Waals surface area contributed by atoms with Crippen LogP contribution in [0.15, 0.2) is 0 Å². The van der Waals surface area contributed by atoms with E-state index in [1.807, 2.05) is 6.92 Å². The molecule has 2 aliphatic carbocycles. The van der Waals surface area contributed by atoms with Crippen LogP contribution in [0.2, 0.25) is 0 Å². The Bertz CT molecular complexity index is 824. The zero-order valence-electron chi connectivity index (χ0n) is 18.6. The Kier molecular flexibility index (Phi) is 4.09. The number of rotatable bonds is 2. The van der Waals surface area contributed by atoms with Crippen LogP contribution >= 0.6 is 0 Å².